The first-order chi connectivity index (χ1) is 18.3. The molecule has 1 aromatic carbocycles. The van der Waals surface area contributed by atoms with Gasteiger partial charge in [-0.1, -0.05) is 25.1 Å². The van der Waals surface area contributed by atoms with Crippen molar-refractivity contribution >= 4 is 45.9 Å². The van der Waals surface area contributed by atoms with Crippen LogP contribution >= 0.6 is 23.1 Å². The summed E-state index contributed by atoms with van der Waals surface area (Å²) in [6, 6.07) is 7.64. The van der Waals surface area contributed by atoms with Gasteiger partial charge in [-0.05, 0) is 57.0 Å². The zero-order valence-electron chi connectivity index (χ0n) is 22.2. The molecule has 38 heavy (non-hydrogen) atoms. The minimum Gasteiger partial charge on any atom is -0.494 e. The van der Waals surface area contributed by atoms with Crippen molar-refractivity contribution in [3.8, 4) is 17.1 Å². The van der Waals surface area contributed by atoms with E-state index >= 15 is 0 Å². The summed E-state index contributed by atoms with van der Waals surface area (Å²) >= 11 is 2.20. The van der Waals surface area contributed by atoms with E-state index in [1.54, 1.807) is 20.8 Å². The summed E-state index contributed by atoms with van der Waals surface area (Å²) in [4.78, 5) is 37.9. The Kier molecular flexibility index (Phi) is 10.7. The lowest BCUT2D eigenvalue weighted by Gasteiger charge is -2.08. The fourth-order valence-electron chi connectivity index (χ4n) is 3.46. The normalized spacial score (nSPS) is 10.8. The van der Waals surface area contributed by atoms with Gasteiger partial charge in [-0.3, -0.25) is 4.79 Å². The second-order valence-corrected chi connectivity index (χ2v) is 10.1. The molecule has 1 amide bonds. The number of carbonyl (C=O) groups excluding carboxylic acids is 3. The van der Waals surface area contributed by atoms with E-state index in [9.17, 15) is 14.4 Å². The van der Waals surface area contributed by atoms with E-state index in [0.29, 0.717) is 23.2 Å². The summed E-state index contributed by atoms with van der Waals surface area (Å²) in [5.41, 5.74) is 1.44. The second-order valence-electron chi connectivity index (χ2n) is 8.13. The van der Waals surface area contributed by atoms with Gasteiger partial charge >= 0.3 is 11.9 Å². The Hall–Kier alpha value is -3.38. The molecule has 0 aliphatic carbocycles. The van der Waals surface area contributed by atoms with Crippen LogP contribution in [-0.4, -0.2) is 58.2 Å². The van der Waals surface area contributed by atoms with Crippen LogP contribution in [0.3, 0.4) is 0 Å². The highest BCUT2D eigenvalue weighted by Gasteiger charge is 2.27. The maximum absolute atomic E-state index is 12.8. The molecule has 0 radical (unpaired) electrons. The largest absolute Gasteiger partial charge is 0.494 e. The zero-order chi connectivity index (χ0) is 27.7. The Morgan fingerprint density at radius 2 is 1.71 bits per heavy atom. The maximum Gasteiger partial charge on any atom is 0.348 e. The number of ether oxygens (including phenoxy) is 3. The molecule has 1 N–H and O–H groups in total. The minimum absolute atomic E-state index is 0.0180. The van der Waals surface area contributed by atoms with Gasteiger partial charge in [0.1, 0.15) is 15.6 Å². The van der Waals surface area contributed by atoms with Crippen LogP contribution in [0.2, 0.25) is 0 Å². The number of aromatic nitrogens is 3. The summed E-state index contributed by atoms with van der Waals surface area (Å²) in [6.07, 6.45) is 2.08. The van der Waals surface area contributed by atoms with Crippen molar-refractivity contribution in [1.82, 2.24) is 14.8 Å². The first-order valence-corrected chi connectivity index (χ1v) is 14.1. The Bertz CT molecular complexity index is 1270. The zero-order valence-corrected chi connectivity index (χ0v) is 23.8. The number of esters is 2. The number of amides is 1. The predicted molar refractivity (Wildman–Crippen MR) is 147 cm³/mol. The summed E-state index contributed by atoms with van der Waals surface area (Å²) in [7, 11) is 1.83. The van der Waals surface area contributed by atoms with Crippen molar-refractivity contribution in [1.29, 1.82) is 0 Å². The lowest BCUT2D eigenvalue weighted by molar-refractivity contribution is -0.113. The number of anilines is 1. The number of thioether (sulfide) groups is 1. The molecule has 0 bridgehead atoms. The quantitative estimate of drug-likeness (QED) is 0.172. The number of benzene rings is 1. The highest BCUT2D eigenvalue weighted by molar-refractivity contribution is 7.99. The van der Waals surface area contributed by atoms with Crippen molar-refractivity contribution in [2.75, 3.05) is 30.9 Å². The number of hydrogen-bond donors (Lipinski definition) is 1. The van der Waals surface area contributed by atoms with Crippen LogP contribution in [0.5, 0.6) is 5.75 Å². The minimum atomic E-state index is -0.612. The summed E-state index contributed by atoms with van der Waals surface area (Å²) in [5.74, 6) is -0.0554. The maximum atomic E-state index is 12.8. The number of nitrogens with zero attached hydrogens (tertiary/aromatic N) is 3. The van der Waals surface area contributed by atoms with Crippen LogP contribution in [0.1, 0.15) is 59.2 Å². The molecule has 0 aliphatic heterocycles. The van der Waals surface area contributed by atoms with Gasteiger partial charge in [0, 0.05) is 12.6 Å². The second kappa shape index (κ2) is 14.0. The van der Waals surface area contributed by atoms with Crippen LogP contribution in [0.15, 0.2) is 29.4 Å². The van der Waals surface area contributed by atoms with Crippen LogP contribution in [0.25, 0.3) is 11.4 Å². The van der Waals surface area contributed by atoms with Gasteiger partial charge in [0.15, 0.2) is 11.0 Å². The topological polar surface area (TPSA) is 122 Å². The number of rotatable bonds is 13. The summed E-state index contributed by atoms with van der Waals surface area (Å²) in [5, 5.41) is 12.0. The van der Waals surface area contributed by atoms with Crippen molar-refractivity contribution in [3.63, 3.8) is 0 Å². The molecule has 2 aromatic heterocycles. The van der Waals surface area contributed by atoms with Crippen molar-refractivity contribution < 1.29 is 28.6 Å². The Morgan fingerprint density at radius 3 is 2.37 bits per heavy atom. The fourth-order valence-corrected chi connectivity index (χ4v) is 5.28. The molecule has 0 unspecified atom stereocenters. The Labute approximate surface area is 230 Å². The van der Waals surface area contributed by atoms with Gasteiger partial charge in [0.2, 0.25) is 5.91 Å². The third kappa shape index (κ3) is 7.13. The molecule has 0 saturated heterocycles. The predicted octanol–water partition coefficient (Wildman–Crippen LogP) is 5.12. The van der Waals surface area contributed by atoms with Gasteiger partial charge < -0.3 is 24.1 Å². The number of hydrogen-bond acceptors (Lipinski definition) is 10. The van der Waals surface area contributed by atoms with Gasteiger partial charge in [-0.15, -0.1) is 21.5 Å². The number of carbonyl (C=O) groups is 3. The third-order valence-electron chi connectivity index (χ3n) is 5.39. The molecule has 10 nitrogen and oxygen atoms in total. The van der Waals surface area contributed by atoms with E-state index in [-0.39, 0.29) is 40.3 Å². The van der Waals surface area contributed by atoms with Gasteiger partial charge in [-0.2, -0.15) is 0 Å². The molecule has 12 heteroatoms. The van der Waals surface area contributed by atoms with Crippen LogP contribution in [0.4, 0.5) is 5.00 Å². The van der Waals surface area contributed by atoms with Gasteiger partial charge in [0.05, 0.1) is 31.1 Å². The van der Waals surface area contributed by atoms with Crippen LogP contribution < -0.4 is 10.1 Å². The number of unbranched alkanes of at least 4 members (excludes halogenated alkanes) is 1. The van der Waals surface area contributed by atoms with E-state index < -0.39 is 11.9 Å². The number of nitrogens with one attached hydrogen (secondary N) is 1. The monoisotopic (exact) mass is 560 g/mol. The SMILES string of the molecule is CCCCOc1ccc(-c2nnc(SCC(=O)Nc3sc(C(=O)OCC)c(C)c3C(=O)OCC)n2C)cc1. The van der Waals surface area contributed by atoms with Crippen LogP contribution in [0, 0.1) is 6.92 Å². The molecule has 0 saturated carbocycles. The van der Waals surface area contributed by atoms with Crippen molar-refractivity contribution in [3.05, 3.63) is 40.3 Å². The highest BCUT2D eigenvalue weighted by atomic mass is 32.2. The fraction of sp³-hybridized carbons (Fsp3) is 0.423. The smallest absolute Gasteiger partial charge is 0.348 e. The average molecular weight is 561 g/mol. The molecule has 2 heterocycles. The van der Waals surface area contributed by atoms with E-state index in [1.165, 1.54) is 11.8 Å². The first-order valence-electron chi connectivity index (χ1n) is 12.3. The molecule has 0 spiro atoms. The molecule has 0 atom stereocenters. The van der Waals surface area contributed by atoms with Crippen molar-refractivity contribution in [2.24, 2.45) is 7.05 Å². The molecule has 0 aliphatic rings. The summed E-state index contributed by atoms with van der Waals surface area (Å²) in [6.45, 7) is 8.17. The van der Waals surface area contributed by atoms with E-state index in [4.69, 9.17) is 14.2 Å². The molecule has 204 valence electrons. The first kappa shape index (κ1) is 29.2. The number of thiophene rings is 1. The summed E-state index contributed by atoms with van der Waals surface area (Å²) < 4.78 is 17.7. The Balaban J connectivity index is 1.68. The van der Waals surface area contributed by atoms with Gasteiger partial charge in [-0.25, -0.2) is 9.59 Å². The van der Waals surface area contributed by atoms with Gasteiger partial charge in [0.25, 0.3) is 0 Å². The molecular formula is C26H32N4O6S2. The lowest BCUT2D eigenvalue weighted by atomic mass is 10.1. The average Bonchev–Trinajstić information content (AvgIpc) is 3.42. The standard InChI is InChI=1S/C26H32N4O6S2/c1-6-9-14-36-18-12-10-17(11-13-18)22-28-29-26(30(22)5)37-15-19(31)27-23-20(24(32)34-7-2)16(4)21(38-23)25(33)35-8-3/h10-13H,6-9,14-15H2,1-5H3,(H,27,31). The van der Waals surface area contributed by atoms with E-state index in [0.717, 1.165) is 35.5 Å². The highest BCUT2D eigenvalue weighted by Crippen LogP contribution is 2.34. The third-order valence-corrected chi connectivity index (χ3v) is 7.59. The van der Waals surface area contributed by atoms with Crippen LogP contribution in [-0.2, 0) is 21.3 Å². The van der Waals surface area contributed by atoms with E-state index in [1.807, 2.05) is 35.9 Å². The molecule has 0 fully saturated rings. The molecule has 3 aromatic rings. The van der Waals surface area contributed by atoms with Crippen molar-refractivity contribution in [2.45, 2.75) is 45.7 Å². The molecular weight excluding hydrogens is 528 g/mol. The Morgan fingerprint density at radius 1 is 1.03 bits per heavy atom. The van der Waals surface area contributed by atoms with E-state index in [2.05, 4.69) is 22.4 Å². The lowest BCUT2D eigenvalue weighted by Crippen LogP contribution is -2.16. The molecule has 3 rings (SSSR count).